The highest BCUT2D eigenvalue weighted by atomic mass is 35.5. The molecule has 0 aliphatic carbocycles. The van der Waals surface area contributed by atoms with Crippen molar-refractivity contribution in [3.8, 4) is 0 Å². The van der Waals surface area contributed by atoms with Gasteiger partial charge in [0.2, 0.25) is 0 Å². The lowest BCUT2D eigenvalue weighted by atomic mass is 10.1. The van der Waals surface area contributed by atoms with Gasteiger partial charge in [0.25, 0.3) is 17.7 Å². The van der Waals surface area contributed by atoms with E-state index in [2.05, 4.69) is 10.6 Å². The van der Waals surface area contributed by atoms with Gasteiger partial charge in [0.05, 0.1) is 27.9 Å². The van der Waals surface area contributed by atoms with Crippen LogP contribution in [0.3, 0.4) is 0 Å². The van der Waals surface area contributed by atoms with Gasteiger partial charge in [0.15, 0.2) is 0 Å². The summed E-state index contributed by atoms with van der Waals surface area (Å²) in [5, 5.41) is 5.88. The van der Waals surface area contributed by atoms with Crippen LogP contribution in [0.5, 0.6) is 0 Å². The maximum atomic E-state index is 13.2. The van der Waals surface area contributed by atoms with Gasteiger partial charge in [-0.1, -0.05) is 53.9 Å². The minimum atomic E-state index is -0.785. The van der Waals surface area contributed by atoms with E-state index in [0.29, 0.717) is 33.4 Å². The summed E-state index contributed by atoms with van der Waals surface area (Å²) in [6.45, 7) is 2.05. The quantitative estimate of drug-likeness (QED) is 0.244. The number of nitrogens with one attached hydrogen (secondary N) is 2. The van der Waals surface area contributed by atoms with Crippen LogP contribution in [-0.4, -0.2) is 30.3 Å². The van der Waals surface area contributed by atoms with Gasteiger partial charge < -0.3 is 15.4 Å². The van der Waals surface area contributed by atoms with Gasteiger partial charge in [-0.3, -0.25) is 14.4 Å². The van der Waals surface area contributed by atoms with Crippen LogP contribution < -0.4 is 15.5 Å². The van der Waals surface area contributed by atoms with Crippen molar-refractivity contribution >= 4 is 75.6 Å². The van der Waals surface area contributed by atoms with Crippen molar-refractivity contribution in [3.05, 3.63) is 98.6 Å². The predicted octanol–water partition coefficient (Wildman–Crippen LogP) is 6.25. The maximum absolute atomic E-state index is 13.2. The predicted molar refractivity (Wildman–Crippen MR) is 147 cm³/mol. The Kier molecular flexibility index (Phi) is 8.36. The number of esters is 1. The Morgan fingerprint density at radius 1 is 0.868 bits per heavy atom. The van der Waals surface area contributed by atoms with E-state index < -0.39 is 23.7 Å². The number of hydrogen-bond donors (Lipinski definition) is 2. The third-order valence-corrected chi connectivity index (χ3v) is 6.51. The summed E-state index contributed by atoms with van der Waals surface area (Å²) in [6, 6.07) is 17.0. The summed E-state index contributed by atoms with van der Waals surface area (Å²) >= 11 is 18.1. The molecular weight excluding hydrogens is 553 g/mol. The molecule has 0 radical (unpaired) electrons. The van der Waals surface area contributed by atoms with E-state index in [9.17, 15) is 19.2 Å². The fourth-order valence-electron chi connectivity index (χ4n) is 3.57. The molecular formula is C27H20Cl3N3O5. The zero-order valence-electron chi connectivity index (χ0n) is 19.9. The lowest BCUT2D eigenvalue weighted by molar-refractivity contribution is -0.120. The molecule has 0 saturated carbocycles. The minimum absolute atomic E-state index is 0.0608. The summed E-state index contributed by atoms with van der Waals surface area (Å²) in [4.78, 5) is 52.0. The van der Waals surface area contributed by atoms with Crippen molar-refractivity contribution < 1.29 is 23.9 Å². The monoisotopic (exact) mass is 571 g/mol. The van der Waals surface area contributed by atoms with Crippen molar-refractivity contribution in [2.45, 2.75) is 13.3 Å². The second kappa shape index (κ2) is 11.7. The third-order valence-electron chi connectivity index (χ3n) is 5.42. The Morgan fingerprint density at radius 2 is 1.55 bits per heavy atom. The van der Waals surface area contributed by atoms with Crippen molar-refractivity contribution in [1.82, 2.24) is 0 Å². The molecule has 0 unspecified atom stereocenters. The van der Waals surface area contributed by atoms with Gasteiger partial charge in [0, 0.05) is 16.9 Å². The molecule has 3 amide bonds. The molecule has 0 spiro atoms. The maximum Gasteiger partial charge on any atom is 0.340 e. The van der Waals surface area contributed by atoms with Crippen LogP contribution in [0.2, 0.25) is 10.0 Å². The van der Waals surface area contributed by atoms with E-state index in [1.165, 1.54) is 30.3 Å². The number of para-hydroxylation sites is 1. The molecule has 194 valence electrons. The highest BCUT2D eigenvalue weighted by Crippen LogP contribution is 2.32. The molecule has 11 heteroatoms. The summed E-state index contributed by atoms with van der Waals surface area (Å²) in [6.07, 6.45) is 0.618. The Balaban J connectivity index is 1.50. The molecule has 0 saturated heterocycles. The van der Waals surface area contributed by atoms with Gasteiger partial charge in [-0.15, -0.1) is 0 Å². The van der Waals surface area contributed by atoms with Crippen molar-refractivity contribution in [3.63, 3.8) is 0 Å². The Bertz CT molecular complexity index is 1470. The number of hydrogen-bond acceptors (Lipinski definition) is 6. The molecule has 1 heterocycles. The molecule has 2 N–H and O–H groups in total. The molecule has 0 fully saturated rings. The highest BCUT2D eigenvalue weighted by molar-refractivity contribution is 6.53. The summed E-state index contributed by atoms with van der Waals surface area (Å²) in [5.74, 6) is -2.57. The van der Waals surface area contributed by atoms with E-state index >= 15 is 0 Å². The average Bonchev–Trinajstić information content (AvgIpc) is 3.12. The first-order valence-corrected chi connectivity index (χ1v) is 12.5. The van der Waals surface area contributed by atoms with E-state index in [0.717, 1.165) is 4.90 Å². The van der Waals surface area contributed by atoms with Crippen LogP contribution in [-0.2, 0) is 14.3 Å². The Morgan fingerprint density at radius 3 is 2.24 bits per heavy atom. The number of imide groups is 1. The fraction of sp³-hybridized carbons (Fsp3) is 0.111. The van der Waals surface area contributed by atoms with Crippen LogP contribution >= 0.6 is 34.8 Å². The number of amides is 3. The first-order valence-electron chi connectivity index (χ1n) is 11.4. The minimum Gasteiger partial charge on any atom is -0.462 e. The molecule has 0 bridgehead atoms. The lowest BCUT2D eigenvalue weighted by Gasteiger charge is -2.18. The summed E-state index contributed by atoms with van der Waals surface area (Å²) < 4.78 is 5.18. The van der Waals surface area contributed by atoms with Gasteiger partial charge in [-0.2, -0.15) is 0 Å². The molecule has 38 heavy (non-hydrogen) atoms. The number of anilines is 3. The zero-order valence-corrected chi connectivity index (χ0v) is 22.2. The molecule has 4 rings (SSSR count). The Labute approximate surface area is 233 Å². The topological polar surface area (TPSA) is 105 Å². The second-order valence-corrected chi connectivity index (χ2v) is 9.27. The van der Waals surface area contributed by atoms with E-state index in [1.807, 2.05) is 6.92 Å². The first-order chi connectivity index (χ1) is 18.2. The first kappa shape index (κ1) is 27.2. The fourth-order valence-corrected chi connectivity index (χ4v) is 4.08. The van der Waals surface area contributed by atoms with Crippen molar-refractivity contribution in [2.75, 3.05) is 22.1 Å². The van der Waals surface area contributed by atoms with Crippen LogP contribution in [0.4, 0.5) is 17.1 Å². The van der Waals surface area contributed by atoms with E-state index in [-0.39, 0.29) is 28.6 Å². The van der Waals surface area contributed by atoms with Crippen molar-refractivity contribution in [2.24, 2.45) is 0 Å². The number of carbonyl (C=O) groups is 4. The Hall–Kier alpha value is -3.85. The normalized spacial score (nSPS) is 13.1. The number of rotatable bonds is 8. The smallest absolute Gasteiger partial charge is 0.340 e. The summed E-state index contributed by atoms with van der Waals surface area (Å²) in [7, 11) is 0. The second-order valence-electron chi connectivity index (χ2n) is 8.07. The molecule has 0 atom stereocenters. The summed E-state index contributed by atoms with van der Waals surface area (Å²) in [5.41, 5.74) is 1.16. The van der Waals surface area contributed by atoms with Gasteiger partial charge in [0.1, 0.15) is 10.7 Å². The molecule has 1 aliphatic rings. The molecule has 0 aromatic heterocycles. The highest BCUT2D eigenvalue weighted by Gasteiger charge is 2.40. The number of benzene rings is 3. The number of ether oxygens (including phenoxy) is 1. The molecule has 3 aromatic carbocycles. The molecule has 1 aliphatic heterocycles. The number of carbonyl (C=O) groups excluding carboxylic acids is 4. The zero-order chi connectivity index (χ0) is 27.4. The van der Waals surface area contributed by atoms with Crippen molar-refractivity contribution in [1.29, 1.82) is 0 Å². The van der Waals surface area contributed by atoms with E-state index in [4.69, 9.17) is 39.5 Å². The largest absolute Gasteiger partial charge is 0.462 e. The third kappa shape index (κ3) is 5.67. The number of halogens is 3. The standard InChI is InChI=1S/C27H20Cl3N3O5/c1-2-13-38-27(37)18-5-3-4-6-21(18)33-25(35)22(30)23(26(33)36)31-16-9-7-15(8-10-16)24(34)32-17-11-12-19(28)20(29)14-17/h3-12,14,31H,2,13H2,1H3,(H,32,34). The molecule has 3 aromatic rings. The lowest BCUT2D eigenvalue weighted by Crippen LogP contribution is -2.33. The molecule has 8 nitrogen and oxygen atoms in total. The average molecular weight is 573 g/mol. The van der Waals surface area contributed by atoms with Crippen LogP contribution in [0.1, 0.15) is 34.1 Å². The van der Waals surface area contributed by atoms with Gasteiger partial charge in [-0.05, 0) is 61.0 Å². The van der Waals surface area contributed by atoms with Crippen LogP contribution in [0.25, 0.3) is 0 Å². The van der Waals surface area contributed by atoms with Gasteiger partial charge >= 0.3 is 5.97 Å². The number of nitrogens with zero attached hydrogens (tertiary/aromatic N) is 1. The van der Waals surface area contributed by atoms with Crippen LogP contribution in [0.15, 0.2) is 77.5 Å². The van der Waals surface area contributed by atoms with Gasteiger partial charge in [-0.25, -0.2) is 9.69 Å². The van der Waals surface area contributed by atoms with Crippen LogP contribution in [0, 0.1) is 0 Å². The van der Waals surface area contributed by atoms with E-state index in [1.54, 1.807) is 36.4 Å². The SMILES string of the molecule is CCCOC(=O)c1ccccc1N1C(=O)C(Cl)=C(Nc2ccc(C(=O)Nc3ccc(Cl)c(Cl)c3)cc2)C1=O.